The van der Waals surface area contributed by atoms with Gasteiger partial charge in [0.05, 0.1) is 36.8 Å². The number of fused-ring (bicyclic) bond motifs is 5. The van der Waals surface area contributed by atoms with Crippen molar-refractivity contribution in [3.63, 3.8) is 0 Å². The van der Waals surface area contributed by atoms with Crippen molar-refractivity contribution in [3.8, 4) is 11.5 Å². The second-order valence-electron chi connectivity index (χ2n) is 7.78. The molecule has 8 nitrogen and oxygen atoms in total. The lowest BCUT2D eigenvalue weighted by Gasteiger charge is -2.17. The predicted molar refractivity (Wildman–Crippen MR) is 112 cm³/mol. The van der Waals surface area contributed by atoms with Gasteiger partial charge in [0.25, 0.3) is 11.8 Å². The van der Waals surface area contributed by atoms with Crippen LogP contribution in [0.2, 0.25) is 5.02 Å². The maximum absolute atomic E-state index is 12.7. The van der Waals surface area contributed by atoms with E-state index in [0.717, 1.165) is 11.4 Å². The molecule has 0 unspecified atom stereocenters. The van der Waals surface area contributed by atoms with E-state index in [0.29, 0.717) is 5.56 Å². The van der Waals surface area contributed by atoms with Crippen molar-refractivity contribution < 1.29 is 28.6 Å². The van der Waals surface area contributed by atoms with Crippen molar-refractivity contribution in [1.82, 2.24) is 5.01 Å². The third-order valence-electron chi connectivity index (χ3n) is 5.93. The van der Waals surface area contributed by atoms with Gasteiger partial charge in [-0.2, -0.15) is 10.1 Å². The molecule has 0 radical (unpaired) electrons. The number of carbonyl (C=O) groups excluding carboxylic acids is 3. The molecule has 1 aliphatic heterocycles. The third kappa shape index (κ3) is 3.69. The molecule has 3 aliphatic rings. The Hall–Kier alpha value is -2.87. The van der Waals surface area contributed by atoms with E-state index in [9.17, 15) is 14.4 Å². The lowest BCUT2D eigenvalue weighted by molar-refractivity contribution is -0.150. The number of methoxy groups -OCH3 is 1. The summed E-state index contributed by atoms with van der Waals surface area (Å²) in [5.74, 6) is -0.940. The number of hydrazone groups is 1. The van der Waals surface area contributed by atoms with Gasteiger partial charge >= 0.3 is 5.97 Å². The molecular weight excluding hydrogens is 424 g/mol. The number of allylic oxidation sites excluding steroid dienone is 2. The first kappa shape index (κ1) is 21.4. The van der Waals surface area contributed by atoms with Gasteiger partial charge in [-0.05, 0) is 49.8 Å². The highest BCUT2D eigenvalue weighted by atomic mass is 35.5. The van der Waals surface area contributed by atoms with Crippen LogP contribution in [0.3, 0.4) is 0 Å². The first-order valence-corrected chi connectivity index (χ1v) is 10.5. The van der Waals surface area contributed by atoms with Crippen molar-refractivity contribution in [2.45, 2.75) is 26.4 Å². The SMILES string of the molecule is CCOC(=O)[C@H](C)Oc1c(Cl)cc(C=NN2C(=O)[C@@H]3[C@H](C2=O)[C@H]2C=C[C@H]3C2)cc1OC. The number of benzene rings is 1. The van der Waals surface area contributed by atoms with Crippen molar-refractivity contribution >= 4 is 35.6 Å². The maximum Gasteiger partial charge on any atom is 0.347 e. The predicted octanol–water partition coefficient (Wildman–Crippen LogP) is 2.82. The largest absolute Gasteiger partial charge is 0.493 e. The Bertz CT molecular complexity index is 960. The van der Waals surface area contributed by atoms with Crippen LogP contribution in [0.15, 0.2) is 29.4 Å². The highest BCUT2D eigenvalue weighted by Gasteiger charge is 2.59. The lowest BCUT2D eigenvalue weighted by atomic mass is 9.85. The Morgan fingerprint density at radius 2 is 1.90 bits per heavy atom. The lowest BCUT2D eigenvalue weighted by Crippen LogP contribution is -2.28. The highest BCUT2D eigenvalue weighted by molar-refractivity contribution is 6.32. The number of amides is 2. The monoisotopic (exact) mass is 446 g/mol. The minimum absolute atomic E-state index is 0.124. The molecule has 1 saturated heterocycles. The van der Waals surface area contributed by atoms with Crippen LogP contribution >= 0.6 is 11.6 Å². The molecule has 0 spiro atoms. The molecule has 1 aromatic rings. The average Bonchev–Trinajstić information content (AvgIpc) is 3.42. The number of nitrogens with zero attached hydrogens (tertiary/aromatic N) is 2. The molecule has 2 aliphatic carbocycles. The van der Waals surface area contributed by atoms with Gasteiger partial charge in [-0.3, -0.25) is 9.59 Å². The van der Waals surface area contributed by atoms with Crippen LogP contribution in [-0.4, -0.2) is 48.8 Å². The molecule has 4 rings (SSSR count). The van der Waals surface area contributed by atoms with Gasteiger partial charge in [0.15, 0.2) is 17.6 Å². The molecule has 0 aromatic heterocycles. The Labute approximate surface area is 184 Å². The van der Waals surface area contributed by atoms with E-state index in [1.165, 1.54) is 13.3 Å². The summed E-state index contributed by atoms with van der Waals surface area (Å²) in [5.41, 5.74) is 0.511. The number of halogens is 1. The number of esters is 1. The smallest absolute Gasteiger partial charge is 0.347 e. The van der Waals surface area contributed by atoms with Crippen LogP contribution < -0.4 is 9.47 Å². The fraction of sp³-hybridized carbons (Fsp3) is 0.455. The van der Waals surface area contributed by atoms with Crippen LogP contribution in [0.1, 0.15) is 25.8 Å². The minimum Gasteiger partial charge on any atom is -0.493 e. The van der Waals surface area contributed by atoms with E-state index in [1.807, 2.05) is 12.2 Å². The number of imide groups is 1. The van der Waals surface area contributed by atoms with Crippen LogP contribution in [-0.2, 0) is 19.1 Å². The first-order chi connectivity index (χ1) is 14.8. The molecule has 2 amide bonds. The Kier molecular flexibility index (Phi) is 5.75. The Balaban J connectivity index is 1.52. The molecule has 0 N–H and O–H groups in total. The van der Waals surface area contributed by atoms with Gasteiger partial charge in [-0.25, -0.2) is 4.79 Å². The molecule has 1 aromatic carbocycles. The molecule has 1 heterocycles. The summed E-state index contributed by atoms with van der Waals surface area (Å²) in [4.78, 5) is 37.3. The quantitative estimate of drug-likeness (QED) is 0.276. The molecule has 164 valence electrons. The van der Waals surface area contributed by atoms with E-state index in [2.05, 4.69) is 5.10 Å². The zero-order valence-electron chi connectivity index (χ0n) is 17.4. The normalized spacial score (nSPS) is 27.2. The van der Waals surface area contributed by atoms with Crippen LogP contribution in [0, 0.1) is 23.7 Å². The standard InChI is InChI=1S/C22H23ClN2O6/c1-4-30-22(28)11(2)31-19-15(23)7-12(8-16(19)29-3)10-24-25-20(26)17-13-5-6-14(9-13)18(17)21(25)27/h5-8,10-11,13-14,17-18H,4,9H2,1-3H3/t11-,13-,14-,17-,18+/m0/s1. The summed E-state index contributed by atoms with van der Waals surface area (Å²) in [6.45, 7) is 3.49. The fourth-order valence-electron chi connectivity index (χ4n) is 4.54. The molecule has 1 saturated carbocycles. The van der Waals surface area contributed by atoms with E-state index in [1.54, 1.807) is 26.0 Å². The highest BCUT2D eigenvalue weighted by Crippen LogP contribution is 2.52. The van der Waals surface area contributed by atoms with E-state index in [4.69, 9.17) is 25.8 Å². The Morgan fingerprint density at radius 1 is 1.26 bits per heavy atom. The average molecular weight is 447 g/mol. The molecule has 5 atom stereocenters. The first-order valence-electron chi connectivity index (χ1n) is 10.2. The second kappa shape index (κ2) is 8.34. The molecule has 2 bridgehead atoms. The van der Waals surface area contributed by atoms with Gasteiger partial charge in [-0.15, -0.1) is 0 Å². The second-order valence-corrected chi connectivity index (χ2v) is 8.19. The van der Waals surface area contributed by atoms with E-state index < -0.39 is 12.1 Å². The zero-order chi connectivity index (χ0) is 22.3. The topological polar surface area (TPSA) is 94.5 Å². The number of hydrogen-bond donors (Lipinski definition) is 0. The molecular formula is C22H23ClN2O6. The van der Waals surface area contributed by atoms with Crippen molar-refractivity contribution in [2.24, 2.45) is 28.8 Å². The number of rotatable bonds is 7. The van der Waals surface area contributed by atoms with Gasteiger partial charge in [-0.1, -0.05) is 23.8 Å². The molecule has 9 heteroatoms. The van der Waals surface area contributed by atoms with Gasteiger partial charge in [0.2, 0.25) is 0 Å². The van der Waals surface area contributed by atoms with E-state index >= 15 is 0 Å². The Morgan fingerprint density at radius 3 is 2.48 bits per heavy atom. The summed E-state index contributed by atoms with van der Waals surface area (Å²) < 4.78 is 15.9. The van der Waals surface area contributed by atoms with Crippen molar-refractivity contribution in [2.75, 3.05) is 13.7 Å². The summed E-state index contributed by atoms with van der Waals surface area (Å²) >= 11 is 6.34. The number of hydrogen-bond acceptors (Lipinski definition) is 7. The zero-order valence-corrected chi connectivity index (χ0v) is 18.2. The van der Waals surface area contributed by atoms with Crippen LogP contribution in [0.5, 0.6) is 11.5 Å². The summed E-state index contributed by atoms with van der Waals surface area (Å²) in [5, 5.41) is 5.30. The van der Waals surface area contributed by atoms with E-state index in [-0.39, 0.29) is 58.6 Å². The third-order valence-corrected chi connectivity index (χ3v) is 6.22. The van der Waals surface area contributed by atoms with Crippen molar-refractivity contribution in [1.29, 1.82) is 0 Å². The van der Waals surface area contributed by atoms with Gasteiger partial charge < -0.3 is 14.2 Å². The summed E-state index contributed by atoms with van der Waals surface area (Å²) in [6, 6.07) is 3.15. The molecule has 31 heavy (non-hydrogen) atoms. The summed E-state index contributed by atoms with van der Waals surface area (Å²) in [7, 11) is 1.44. The fourth-order valence-corrected chi connectivity index (χ4v) is 4.80. The van der Waals surface area contributed by atoms with Gasteiger partial charge in [0, 0.05) is 0 Å². The summed E-state index contributed by atoms with van der Waals surface area (Å²) in [6.07, 6.45) is 5.44. The van der Waals surface area contributed by atoms with Crippen LogP contribution in [0.25, 0.3) is 0 Å². The molecule has 2 fully saturated rings. The van der Waals surface area contributed by atoms with Crippen molar-refractivity contribution in [3.05, 3.63) is 34.9 Å². The number of carbonyl (C=O) groups is 3. The van der Waals surface area contributed by atoms with Gasteiger partial charge in [0.1, 0.15) is 0 Å². The minimum atomic E-state index is -0.880. The maximum atomic E-state index is 12.7. The number of ether oxygens (including phenoxy) is 3. The van der Waals surface area contributed by atoms with Crippen LogP contribution in [0.4, 0.5) is 0 Å².